The van der Waals surface area contributed by atoms with Gasteiger partial charge in [0.2, 0.25) is 5.89 Å². The van der Waals surface area contributed by atoms with Gasteiger partial charge in [0.15, 0.2) is 5.76 Å². The lowest BCUT2D eigenvalue weighted by molar-refractivity contribution is 0.589. The van der Waals surface area contributed by atoms with E-state index >= 15 is 0 Å². The minimum absolute atomic E-state index is 0.589. The first-order chi connectivity index (χ1) is 12.2. The molecule has 4 aromatic rings. The van der Waals surface area contributed by atoms with Crippen LogP contribution >= 0.6 is 11.6 Å². The van der Waals surface area contributed by atoms with Crippen LogP contribution in [0.4, 0.5) is 0 Å². The zero-order valence-electron chi connectivity index (χ0n) is 13.7. The maximum absolute atomic E-state index is 6.42. The van der Waals surface area contributed by atoms with Gasteiger partial charge < -0.3 is 4.42 Å². The smallest absolute Gasteiger partial charge is 0.227 e. The minimum atomic E-state index is 0.589. The highest BCUT2D eigenvalue weighted by Gasteiger charge is 2.19. The molecule has 1 aromatic heterocycles. The minimum Gasteiger partial charge on any atom is -0.435 e. The van der Waals surface area contributed by atoms with E-state index in [4.69, 9.17) is 21.0 Å². The Hall–Kier alpha value is -2.84. The summed E-state index contributed by atoms with van der Waals surface area (Å²) < 4.78 is 6.17. The average Bonchev–Trinajstić information content (AvgIpc) is 3.09. The summed E-state index contributed by atoms with van der Waals surface area (Å²) in [4.78, 5) is 4.76. The molecule has 0 fully saturated rings. The third-order valence-corrected chi connectivity index (χ3v) is 4.42. The molecule has 0 saturated heterocycles. The molecule has 25 heavy (non-hydrogen) atoms. The Bertz CT molecular complexity index is 1000. The summed E-state index contributed by atoms with van der Waals surface area (Å²) in [5.74, 6) is 1.32. The Morgan fingerprint density at radius 2 is 1.44 bits per heavy atom. The molecule has 0 spiro atoms. The molecule has 0 atom stereocenters. The Morgan fingerprint density at radius 3 is 2.16 bits per heavy atom. The second-order valence-electron chi connectivity index (χ2n) is 5.91. The highest BCUT2D eigenvalue weighted by molar-refractivity contribution is 6.33. The second kappa shape index (κ2) is 6.58. The molecule has 4 rings (SSSR count). The maximum atomic E-state index is 6.42. The van der Waals surface area contributed by atoms with Crippen molar-refractivity contribution >= 4 is 11.6 Å². The molecule has 3 heteroatoms. The number of aryl methyl sites for hydroxylation is 1. The fraction of sp³-hybridized carbons (Fsp3) is 0.0455. The van der Waals surface area contributed by atoms with Gasteiger partial charge in [-0.25, -0.2) is 4.98 Å². The van der Waals surface area contributed by atoms with Crippen molar-refractivity contribution in [3.05, 3.63) is 89.4 Å². The largest absolute Gasteiger partial charge is 0.435 e. The Labute approximate surface area is 151 Å². The summed E-state index contributed by atoms with van der Waals surface area (Å²) in [6.07, 6.45) is 0. The lowest BCUT2D eigenvalue weighted by Gasteiger charge is -2.04. The number of hydrogen-bond acceptors (Lipinski definition) is 2. The molecule has 122 valence electrons. The van der Waals surface area contributed by atoms with E-state index in [0.29, 0.717) is 10.9 Å². The van der Waals surface area contributed by atoms with Crippen LogP contribution in [0.15, 0.2) is 83.3 Å². The van der Waals surface area contributed by atoms with Crippen LogP contribution in [-0.2, 0) is 0 Å². The van der Waals surface area contributed by atoms with Gasteiger partial charge in [-0.15, -0.1) is 0 Å². The van der Waals surface area contributed by atoms with Crippen LogP contribution < -0.4 is 0 Å². The van der Waals surface area contributed by atoms with Gasteiger partial charge >= 0.3 is 0 Å². The standard InChI is InChI=1S/C22H16ClNO/c1-15-11-13-16(14-12-15)21-20(18-9-5-6-10-19(18)23)24-22(25-21)17-7-3-2-4-8-17/h2-14H,1H3. The van der Waals surface area contributed by atoms with Crippen LogP contribution in [0.5, 0.6) is 0 Å². The Morgan fingerprint density at radius 1 is 0.760 bits per heavy atom. The van der Waals surface area contributed by atoms with Gasteiger partial charge in [-0.1, -0.05) is 77.8 Å². The lowest BCUT2D eigenvalue weighted by atomic mass is 10.0. The third kappa shape index (κ3) is 3.09. The van der Waals surface area contributed by atoms with E-state index < -0.39 is 0 Å². The molecule has 0 aliphatic carbocycles. The first-order valence-electron chi connectivity index (χ1n) is 8.10. The molecular weight excluding hydrogens is 330 g/mol. The third-order valence-electron chi connectivity index (χ3n) is 4.09. The zero-order chi connectivity index (χ0) is 17.2. The molecule has 0 aliphatic rings. The number of halogens is 1. The molecule has 0 bridgehead atoms. The van der Waals surface area contributed by atoms with Crippen LogP contribution in [0.1, 0.15) is 5.56 Å². The molecule has 1 heterocycles. The molecule has 2 nitrogen and oxygen atoms in total. The molecular formula is C22H16ClNO. The number of aromatic nitrogens is 1. The van der Waals surface area contributed by atoms with E-state index in [1.165, 1.54) is 5.56 Å². The maximum Gasteiger partial charge on any atom is 0.227 e. The summed E-state index contributed by atoms with van der Waals surface area (Å²) in [5, 5.41) is 0.656. The first kappa shape index (κ1) is 15.7. The van der Waals surface area contributed by atoms with Crippen molar-refractivity contribution in [3.63, 3.8) is 0 Å². The van der Waals surface area contributed by atoms with Crippen molar-refractivity contribution in [2.45, 2.75) is 6.92 Å². The van der Waals surface area contributed by atoms with Crippen molar-refractivity contribution in [2.75, 3.05) is 0 Å². The highest BCUT2D eigenvalue weighted by Crippen LogP contribution is 2.38. The van der Waals surface area contributed by atoms with Gasteiger partial charge in [0.25, 0.3) is 0 Å². The number of oxazole rings is 1. The fourth-order valence-electron chi connectivity index (χ4n) is 2.76. The van der Waals surface area contributed by atoms with Gasteiger partial charge in [0.1, 0.15) is 5.69 Å². The summed E-state index contributed by atoms with van der Waals surface area (Å²) in [5.41, 5.74) is 4.74. The van der Waals surface area contributed by atoms with Crippen molar-refractivity contribution in [1.82, 2.24) is 4.98 Å². The van der Waals surface area contributed by atoms with E-state index in [-0.39, 0.29) is 0 Å². The molecule has 0 saturated carbocycles. The van der Waals surface area contributed by atoms with Gasteiger partial charge in [0, 0.05) is 16.7 Å². The highest BCUT2D eigenvalue weighted by atomic mass is 35.5. The number of rotatable bonds is 3. The van der Waals surface area contributed by atoms with Crippen molar-refractivity contribution in [3.8, 4) is 34.0 Å². The van der Waals surface area contributed by atoms with Crippen molar-refractivity contribution in [1.29, 1.82) is 0 Å². The molecule has 0 amide bonds. The Balaban J connectivity index is 1.93. The van der Waals surface area contributed by atoms with Crippen molar-refractivity contribution < 1.29 is 4.42 Å². The second-order valence-corrected chi connectivity index (χ2v) is 6.32. The zero-order valence-corrected chi connectivity index (χ0v) is 14.5. The van der Waals surface area contributed by atoms with Gasteiger partial charge in [-0.2, -0.15) is 0 Å². The quantitative estimate of drug-likeness (QED) is 0.416. The van der Waals surface area contributed by atoms with Crippen molar-refractivity contribution in [2.24, 2.45) is 0 Å². The predicted molar refractivity (Wildman–Crippen MR) is 103 cm³/mol. The SMILES string of the molecule is Cc1ccc(-c2oc(-c3ccccc3)nc2-c2ccccc2Cl)cc1. The lowest BCUT2D eigenvalue weighted by Crippen LogP contribution is -1.84. The molecule has 0 N–H and O–H groups in total. The van der Waals surface area contributed by atoms with E-state index in [9.17, 15) is 0 Å². The topological polar surface area (TPSA) is 26.0 Å². The van der Waals surface area contributed by atoms with Crippen LogP contribution in [0.2, 0.25) is 5.02 Å². The van der Waals surface area contributed by atoms with Gasteiger partial charge in [0.05, 0.1) is 5.02 Å². The van der Waals surface area contributed by atoms with Crippen LogP contribution in [0.3, 0.4) is 0 Å². The number of benzene rings is 3. The normalized spacial score (nSPS) is 10.8. The number of nitrogens with zero attached hydrogens (tertiary/aromatic N) is 1. The summed E-state index contributed by atoms with van der Waals surface area (Å²) in [7, 11) is 0. The number of hydrogen-bond donors (Lipinski definition) is 0. The first-order valence-corrected chi connectivity index (χ1v) is 8.48. The molecule has 0 aliphatic heterocycles. The summed E-state index contributed by atoms with van der Waals surface area (Å²) in [6.45, 7) is 2.06. The van der Waals surface area contributed by atoms with Crippen LogP contribution in [-0.4, -0.2) is 4.98 Å². The fourth-order valence-corrected chi connectivity index (χ4v) is 2.99. The molecule has 0 radical (unpaired) electrons. The van der Waals surface area contributed by atoms with Crippen LogP contribution in [0, 0.1) is 6.92 Å². The van der Waals surface area contributed by atoms with E-state index in [1.807, 2.05) is 66.7 Å². The van der Waals surface area contributed by atoms with E-state index in [1.54, 1.807) is 0 Å². The van der Waals surface area contributed by atoms with Gasteiger partial charge in [-0.3, -0.25) is 0 Å². The Kier molecular flexibility index (Phi) is 4.12. The molecule has 3 aromatic carbocycles. The van der Waals surface area contributed by atoms with Crippen LogP contribution in [0.25, 0.3) is 34.0 Å². The summed E-state index contributed by atoms with van der Waals surface area (Å²) in [6, 6.07) is 25.8. The molecule has 0 unspecified atom stereocenters. The van der Waals surface area contributed by atoms with Gasteiger partial charge in [-0.05, 0) is 25.1 Å². The summed E-state index contributed by atoms with van der Waals surface area (Å²) >= 11 is 6.42. The van der Waals surface area contributed by atoms with E-state index in [2.05, 4.69) is 19.1 Å². The average molecular weight is 346 g/mol. The van der Waals surface area contributed by atoms with E-state index in [0.717, 1.165) is 28.1 Å². The predicted octanol–water partition coefficient (Wildman–Crippen LogP) is 6.64. The monoisotopic (exact) mass is 345 g/mol.